The van der Waals surface area contributed by atoms with E-state index in [9.17, 15) is 25.3 Å². The number of hydrogen-bond acceptors (Lipinski definition) is 6. The Labute approximate surface area is 114 Å². The maximum absolute atomic E-state index is 11.0. The van der Waals surface area contributed by atoms with E-state index in [1.807, 2.05) is 0 Å². The predicted molar refractivity (Wildman–Crippen MR) is 64.0 cm³/mol. The fourth-order valence-corrected chi connectivity index (χ4v) is 5.83. The van der Waals surface area contributed by atoms with Crippen LogP contribution in [0.2, 0.25) is 0 Å². The molecule has 4 fully saturated rings. The van der Waals surface area contributed by atoms with Crippen LogP contribution in [0.4, 0.5) is 0 Å². The van der Waals surface area contributed by atoms with Gasteiger partial charge in [0.2, 0.25) is 13.1 Å². The molecule has 8 heteroatoms. The van der Waals surface area contributed by atoms with Gasteiger partial charge in [-0.15, -0.1) is 0 Å². The van der Waals surface area contributed by atoms with Gasteiger partial charge in [-0.3, -0.25) is 20.2 Å². The molecule has 3 aliphatic carbocycles. The Morgan fingerprint density at radius 2 is 2.00 bits per heavy atom. The normalized spacial score (nSPS) is 54.5. The van der Waals surface area contributed by atoms with Crippen molar-refractivity contribution in [3.05, 3.63) is 20.2 Å². The Kier molecular flexibility index (Phi) is 2.29. The zero-order valence-corrected chi connectivity index (χ0v) is 10.8. The molecule has 4 aliphatic rings. The molecule has 0 spiro atoms. The van der Waals surface area contributed by atoms with Gasteiger partial charge in [-0.2, -0.15) is 0 Å². The molecule has 0 aromatic heterocycles. The standard InChI is InChI=1S/C12H16N2O6/c15-10-6-1-7-9-8(6)5(3-13(16)17)2-12(9,4-14(18)19)20-11(7)10/h5-11,15H,1-4H2/t5-,6+,7-,8+,9-,10+,11+,12-/m1/s1. The van der Waals surface area contributed by atoms with Crippen LogP contribution in [0, 0.1) is 49.8 Å². The van der Waals surface area contributed by atoms with Crippen LogP contribution >= 0.6 is 0 Å². The van der Waals surface area contributed by atoms with Gasteiger partial charge in [0.25, 0.3) is 0 Å². The van der Waals surface area contributed by atoms with Crippen LogP contribution in [-0.2, 0) is 4.74 Å². The van der Waals surface area contributed by atoms with Gasteiger partial charge in [-0.1, -0.05) is 0 Å². The Balaban J connectivity index is 1.72. The third kappa shape index (κ3) is 1.33. The van der Waals surface area contributed by atoms with E-state index in [1.54, 1.807) is 0 Å². The van der Waals surface area contributed by atoms with E-state index < -0.39 is 11.7 Å². The van der Waals surface area contributed by atoms with Crippen molar-refractivity contribution in [3.8, 4) is 0 Å². The van der Waals surface area contributed by atoms with E-state index in [0.717, 1.165) is 6.42 Å². The zero-order valence-electron chi connectivity index (χ0n) is 10.8. The molecule has 1 heterocycles. The second-order valence-corrected chi connectivity index (χ2v) is 6.77. The molecule has 8 nitrogen and oxygen atoms in total. The molecule has 110 valence electrons. The Morgan fingerprint density at radius 3 is 2.65 bits per heavy atom. The third-order valence-corrected chi connectivity index (χ3v) is 6.02. The maximum Gasteiger partial charge on any atom is 0.232 e. The number of ether oxygens (including phenoxy) is 1. The molecular weight excluding hydrogens is 268 g/mol. The number of hydrogen-bond donors (Lipinski definition) is 1. The first-order valence-corrected chi connectivity index (χ1v) is 7.02. The van der Waals surface area contributed by atoms with E-state index in [0.29, 0.717) is 6.42 Å². The van der Waals surface area contributed by atoms with Crippen molar-refractivity contribution in [2.24, 2.45) is 29.6 Å². The topological polar surface area (TPSA) is 116 Å². The van der Waals surface area contributed by atoms with Gasteiger partial charge < -0.3 is 9.84 Å². The second kappa shape index (κ2) is 3.67. The van der Waals surface area contributed by atoms with Crippen molar-refractivity contribution in [2.45, 2.75) is 30.7 Å². The highest BCUT2D eigenvalue weighted by molar-refractivity contribution is 5.22. The minimum absolute atomic E-state index is 0.0131. The molecule has 3 saturated carbocycles. The van der Waals surface area contributed by atoms with Crippen LogP contribution in [0.5, 0.6) is 0 Å². The first kappa shape index (κ1) is 12.5. The minimum Gasteiger partial charge on any atom is -0.390 e. The van der Waals surface area contributed by atoms with E-state index >= 15 is 0 Å². The highest BCUT2D eigenvalue weighted by Crippen LogP contribution is 2.70. The predicted octanol–water partition coefficient (Wildman–Crippen LogP) is -0.0597. The minimum atomic E-state index is -0.879. The number of fused-ring (bicyclic) bond motifs is 2. The quantitative estimate of drug-likeness (QED) is 0.571. The molecule has 2 bridgehead atoms. The summed E-state index contributed by atoms with van der Waals surface area (Å²) >= 11 is 0. The largest absolute Gasteiger partial charge is 0.390 e. The molecule has 0 amide bonds. The lowest BCUT2D eigenvalue weighted by molar-refractivity contribution is -0.505. The molecule has 0 aromatic rings. The molecular formula is C12H16N2O6. The van der Waals surface area contributed by atoms with Crippen molar-refractivity contribution in [1.82, 2.24) is 0 Å². The number of nitro groups is 2. The summed E-state index contributed by atoms with van der Waals surface area (Å²) in [5.74, 6) is 0.00369. The molecule has 4 rings (SSSR count). The van der Waals surface area contributed by atoms with E-state index in [-0.39, 0.29) is 58.6 Å². The average molecular weight is 284 g/mol. The average Bonchev–Trinajstić information content (AvgIpc) is 2.95. The zero-order chi connectivity index (χ0) is 14.2. The summed E-state index contributed by atoms with van der Waals surface area (Å²) in [6.07, 6.45) is 0.289. The van der Waals surface area contributed by atoms with Crippen LogP contribution in [0.25, 0.3) is 0 Å². The van der Waals surface area contributed by atoms with Crippen molar-refractivity contribution in [1.29, 1.82) is 0 Å². The Morgan fingerprint density at radius 1 is 1.25 bits per heavy atom. The molecule has 1 aliphatic heterocycles. The van der Waals surface area contributed by atoms with E-state index in [4.69, 9.17) is 4.74 Å². The van der Waals surface area contributed by atoms with E-state index in [2.05, 4.69) is 0 Å². The fraction of sp³-hybridized carbons (Fsp3) is 1.00. The molecule has 0 unspecified atom stereocenters. The molecule has 1 saturated heterocycles. The maximum atomic E-state index is 11.0. The van der Waals surface area contributed by atoms with Gasteiger partial charge in [0.1, 0.15) is 5.60 Å². The molecule has 1 N–H and O–H groups in total. The first-order valence-electron chi connectivity index (χ1n) is 7.02. The van der Waals surface area contributed by atoms with Gasteiger partial charge in [-0.05, 0) is 30.6 Å². The lowest BCUT2D eigenvalue weighted by Gasteiger charge is -2.31. The third-order valence-electron chi connectivity index (χ3n) is 6.02. The van der Waals surface area contributed by atoms with Gasteiger partial charge >= 0.3 is 0 Å². The van der Waals surface area contributed by atoms with Crippen LogP contribution in [-0.4, -0.2) is 45.9 Å². The van der Waals surface area contributed by atoms with Crippen LogP contribution in [0.3, 0.4) is 0 Å². The van der Waals surface area contributed by atoms with Crippen LogP contribution < -0.4 is 0 Å². The van der Waals surface area contributed by atoms with Crippen molar-refractivity contribution < 1.29 is 19.7 Å². The summed E-state index contributed by atoms with van der Waals surface area (Å²) in [6, 6.07) is 0. The van der Waals surface area contributed by atoms with Crippen molar-refractivity contribution >= 4 is 0 Å². The highest BCUT2D eigenvalue weighted by atomic mass is 16.6. The lowest BCUT2D eigenvalue weighted by Crippen LogP contribution is -2.41. The van der Waals surface area contributed by atoms with Gasteiger partial charge in [0, 0.05) is 21.7 Å². The highest BCUT2D eigenvalue weighted by Gasteiger charge is 2.77. The van der Waals surface area contributed by atoms with Gasteiger partial charge in [0.05, 0.1) is 12.2 Å². The monoisotopic (exact) mass is 284 g/mol. The Bertz CT molecular complexity index is 498. The SMILES string of the molecule is O=[N+]([O-])C[C@H]1C[C@]2(C[N+](=O)[O-])O[C@@H]3[C@@H](O)[C@H]4C[C@@H]3[C@@H]2[C@@H]14. The van der Waals surface area contributed by atoms with Crippen LogP contribution in [0.1, 0.15) is 12.8 Å². The summed E-state index contributed by atoms with van der Waals surface area (Å²) in [7, 11) is 0. The lowest BCUT2D eigenvalue weighted by atomic mass is 9.75. The number of aliphatic hydroxyl groups excluding tert-OH is 1. The summed E-state index contributed by atoms with van der Waals surface area (Å²) in [6.45, 7) is -0.473. The van der Waals surface area contributed by atoms with E-state index in [1.165, 1.54) is 0 Å². The van der Waals surface area contributed by atoms with Gasteiger partial charge in [0.15, 0.2) is 0 Å². The molecule has 0 radical (unpaired) electrons. The second-order valence-electron chi connectivity index (χ2n) is 6.77. The first-order chi connectivity index (χ1) is 9.43. The number of aliphatic hydroxyl groups is 1. The summed E-state index contributed by atoms with van der Waals surface area (Å²) in [5.41, 5.74) is -0.879. The van der Waals surface area contributed by atoms with Crippen molar-refractivity contribution in [3.63, 3.8) is 0 Å². The fourth-order valence-electron chi connectivity index (χ4n) is 5.83. The summed E-state index contributed by atoms with van der Waals surface area (Å²) < 4.78 is 5.94. The van der Waals surface area contributed by atoms with Crippen LogP contribution in [0.15, 0.2) is 0 Å². The Hall–Kier alpha value is -1.28. The number of nitrogens with zero attached hydrogens (tertiary/aromatic N) is 2. The van der Waals surface area contributed by atoms with Crippen molar-refractivity contribution in [2.75, 3.05) is 13.1 Å². The molecule has 0 aromatic carbocycles. The summed E-state index contributed by atoms with van der Waals surface area (Å²) in [5, 5.41) is 32.1. The molecule has 8 atom stereocenters. The number of rotatable bonds is 4. The smallest absolute Gasteiger partial charge is 0.232 e. The molecule has 20 heavy (non-hydrogen) atoms. The van der Waals surface area contributed by atoms with Gasteiger partial charge in [-0.25, -0.2) is 0 Å². The summed E-state index contributed by atoms with van der Waals surface area (Å²) in [4.78, 5) is 21.1.